The second-order valence-corrected chi connectivity index (χ2v) is 6.44. The van der Waals surface area contributed by atoms with Gasteiger partial charge in [-0.3, -0.25) is 4.79 Å². The van der Waals surface area contributed by atoms with Crippen LogP contribution in [0.2, 0.25) is 0 Å². The van der Waals surface area contributed by atoms with E-state index in [-0.39, 0.29) is 24.6 Å². The SMILES string of the molecule is CCOCC(=O)N1[C@@H]2CC[C@H]1Cc1nnc(-c3ccccc3)n1C2. The molecule has 0 saturated carbocycles. The van der Waals surface area contributed by atoms with Crippen LogP contribution in [0.5, 0.6) is 0 Å². The number of fused-ring (bicyclic) bond motifs is 3. The van der Waals surface area contributed by atoms with Crippen LogP contribution in [-0.4, -0.2) is 50.9 Å². The third-order valence-corrected chi connectivity index (χ3v) is 5.01. The molecule has 6 heteroatoms. The Labute approximate surface area is 141 Å². The molecule has 2 bridgehead atoms. The fourth-order valence-electron chi connectivity index (χ4n) is 3.91. The van der Waals surface area contributed by atoms with Crippen molar-refractivity contribution in [2.24, 2.45) is 0 Å². The van der Waals surface area contributed by atoms with Crippen LogP contribution in [-0.2, 0) is 22.5 Å². The Morgan fingerprint density at radius 1 is 1.21 bits per heavy atom. The van der Waals surface area contributed by atoms with Crippen molar-refractivity contribution in [3.8, 4) is 11.4 Å². The third-order valence-electron chi connectivity index (χ3n) is 5.01. The van der Waals surface area contributed by atoms with Crippen molar-refractivity contribution in [1.29, 1.82) is 0 Å². The zero-order valence-electron chi connectivity index (χ0n) is 13.9. The number of benzene rings is 1. The fraction of sp³-hybridized carbons (Fsp3) is 0.500. The number of carbonyl (C=O) groups excluding carboxylic acids is 1. The van der Waals surface area contributed by atoms with Crippen molar-refractivity contribution in [2.75, 3.05) is 13.2 Å². The molecule has 6 nitrogen and oxygen atoms in total. The van der Waals surface area contributed by atoms with Gasteiger partial charge in [-0.25, -0.2) is 0 Å². The summed E-state index contributed by atoms with van der Waals surface area (Å²) in [5, 5.41) is 8.82. The molecule has 1 aromatic heterocycles. The van der Waals surface area contributed by atoms with E-state index in [9.17, 15) is 4.79 Å². The molecule has 0 radical (unpaired) electrons. The van der Waals surface area contributed by atoms with Gasteiger partial charge in [-0.2, -0.15) is 0 Å². The largest absolute Gasteiger partial charge is 0.372 e. The molecule has 4 rings (SSSR count). The summed E-state index contributed by atoms with van der Waals surface area (Å²) in [5.74, 6) is 1.98. The normalized spacial score (nSPS) is 22.3. The van der Waals surface area contributed by atoms with Crippen LogP contribution in [0.25, 0.3) is 11.4 Å². The van der Waals surface area contributed by atoms with Crippen molar-refractivity contribution in [3.05, 3.63) is 36.2 Å². The first kappa shape index (κ1) is 15.3. The Balaban J connectivity index is 1.63. The van der Waals surface area contributed by atoms with Crippen LogP contribution in [0.4, 0.5) is 0 Å². The Bertz CT molecular complexity index is 728. The van der Waals surface area contributed by atoms with E-state index in [1.165, 1.54) is 0 Å². The molecular weight excluding hydrogens is 304 g/mol. The molecule has 1 aromatic carbocycles. The fourth-order valence-corrected chi connectivity index (χ4v) is 3.91. The number of carbonyl (C=O) groups is 1. The average molecular weight is 326 g/mol. The highest BCUT2D eigenvalue weighted by molar-refractivity contribution is 5.78. The van der Waals surface area contributed by atoms with Crippen LogP contribution < -0.4 is 0 Å². The lowest BCUT2D eigenvalue weighted by Gasteiger charge is -2.27. The highest BCUT2D eigenvalue weighted by Gasteiger charge is 2.40. The van der Waals surface area contributed by atoms with E-state index >= 15 is 0 Å². The minimum absolute atomic E-state index is 0.101. The topological polar surface area (TPSA) is 60.2 Å². The van der Waals surface area contributed by atoms with Crippen LogP contribution in [0.1, 0.15) is 25.6 Å². The number of hydrogen-bond donors (Lipinski definition) is 0. The second-order valence-electron chi connectivity index (χ2n) is 6.44. The van der Waals surface area contributed by atoms with Crippen LogP contribution in [0.3, 0.4) is 0 Å². The molecular formula is C18H22N4O2. The van der Waals surface area contributed by atoms with E-state index in [1.807, 2.05) is 30.0 Å². The molecule has 0 aliphatic carbocycles. The first-order valence-corrected chi connectivity index (χ1v) is 8.64. The molecule has 2 aliphatic heterocycles. The van der Waals surface area contributed by atoms with Gasteiger partial charge in [0.25, 0.3) is 0 Å². The number of ether oxygens (including phenoxy) is 1. The predicted octanol–water partition coefficient (Wildman–Crippen LogP) is 1.90. The first-order valence-electron chi connectivity index (χ1n) is 8.64. The summed E-state index contributed by atoms with van der Waals surface area (Å²) in [6, 6.07) is 10.6. The van der Waals surface area contributed by atoms with Gasteiger partial charge >= 0.3 is 0 Å². The number of rotatable bonds is 4. The molecule has 0 unspecified atom stereocenters. The highest BCUT2D eigenvalue weighted by atomic mass is 16.5. The predicted molar refractivity (Wildman–Crippen MR) is 89.3 cm³/mol. The molecule has 0 spiro atoms. The van der Waals surface area contributed by atoms with E-state index in [1.54, 1.807) is 0 Å². The molecule has 2 aliphatic rings. The van der Waals surface area contributed by atoms with Gasteiger partial charge in [0.15, 0.2) is 5.82 Å². The first-order chi connectivity index (χ1) is 11.8. The highest BCUT2D eigenvalue weighted by Crippen LogP contribution is 2.33. The smallest absolute Gasteiger partial charge is 0.249 e. The Morgan fingerprint density at radius 3 is 2.79 bits per heavy atom. The van der Waals surface area contributed by atoms with E-state index in [2.05, 4.69) is 26.9 Å². The average Bonchev–Trinajstić information content (AvgIpc) is 3.13. The van der Waals surface area contributed by atoms with Crippen LogP contribution >= 0.6 is 0 Å². The number of aromatic nitrogens is 3. The molecule has 1 fully saturated rings. The summed E-state index contributed by atoms with van der Waals surface area (Å²) in [5.41, 5.74) is 1.07. The Morgan fingerprint density at radius 2 is 2.00 bits per heavy atom. The molecule has 1 saturated heterocycles. The van der Waals surface area contributed by atoms with Crippen molar-refractivity contribution in [2.45, 2.75) is 44.8 Å². The van der Waals surface area contributed by atoms with Crippen molar-refractivity contribution < 1.29 is 9.53 Å². The van der Waals surface area contributed by atoms with E-state index < -0.39 is 0 Å². The van der Waals surface area contributed by atoms with E-state index in [0.29, 0.717) is 6.61 Å². The molecule has 1 amide bonds. The van der Waals surface area contributed by atoms with Gasteiger partial charge in [0.1, 0.15) is 12.4 Å². The summed E-state index contributed by atoms with van der Waals surface area (Å²) >= 11 is 0. The molecule has 2 aromatic rings. The minimum atomic E-state index is 0.101. The van der Waals surface area contributed by atoms with Gasteiger partial charge in [-0.15, -0.1) is 10.2 Å². The maximum Gasteiger partial charge on any atom is 0.249 e. The standard InChI is InChI=1S/C18H22N4O2/c1-2-24-12-17(23)22-14-8-9-15(22)11-21-16(10-14)19-20-18(21)13-6-4-3-5-7-13/h3-7,14-15H,2,8-12H2,1H3/t14-,15+/m0/s1. The summed E-state index contributed by atoms with van der Waals surface area (Å²) in [6.45, 7) is 3.42. The molecule has 24 heavy (non-hydrogen) atoms. The van der Waals surface area contributed by atoms with Gasteiger partial charge in [-0.05, 0) is 19.8 Å². The lowest BCUT2D eigenvalue weighted by atomic mass is 10.1. The summed E-state index contributed by atoms with van der Waals surface area (Å²) in [6.07, 6.45) is 2.85. The quantitative estimate of drug-likeness (QED) is 0.861. The number of hydrogen-bond acceptors (Lipinski definition) is 4. The van der Waals surface area contributed by atoms with E-state index in [4.69, 9.17) is 4.74 Å². The van der Waals surface area contributed by atoms with Crippen molar-refractivity contribution in [1.82, 2.24) is 19.7 Å². The van der Waals surface area contributed by atoms with Gasteiger partial charge < -0.3 is 14.2 Å². The molecule has 126 valence electrons. The summed E-state index contributed by atoms with van der Waals surface area (Å²) in [7, 11) is 0. The van der Waals surface area contributed by atoms with Gasteiger partial charge in [0.05, 0.1) is 6.04 Å². The zero-order chi connectivity index (χ0) is 16.5. The van der Waals surface area contributed by atoms with E-state index in [0.717, 1.165) is 43.0 Å². The second kappa shape index (κ2) is 6.36. The lowest BCUT2D eigenvalue weighted by Crippen LogP contribution is -2.44. The van der Waals surface area contributed by atoms with Gasteiger partial charge in [-0.1, -0.05) is 30.3 Å². The van der Waals surface area contributed by atoms with Crippen LogP contribution in [0.15, 0.2) is 30.3 Å². The van der Waals surface area contributed by atoms with Crippen molar-refractivity contribution in [3.63, 3.8) is 0 Å². The number of nitrogens with zero attached hydrogens (tertiary/aromatic N) is 4. The molecule has 0 N–H and O–H groups in total. The minimum Gasteiger partial charge on any atom is -0.372 e. The monoisotopic (exact) mass is 326 g/mol. The third kappa shape index (κ3) is 2.60. The summed E-state index contributed by atoms with van der Waals surface area (Å²) in [4.78, 5) is 14.6. The zero-order valence-corrected chi connectivity index (χ0v) is 13.9. The van der Waals surface area contributed by atoms with Crippen LogP contribution in [0, 0.1) is 0 Å². The van der Waals surface area contributed by atoms with Crippen molar-refractivity contribution >= 4 is 5.91 Å². The number of amides is 1. The lowest BCUT2D eigenvalue weighted by molar-refractivity contribution is -0.138. The van der Waals surface area contributed by atoms with Gasteiger partial charge in [0.2, 0.25) is 5.91 Å². The Hall–Kier alpha value is -2.21. The van der Waals surface area contributed by atoms with Gasteiger partial charge in [0, 0.05) is 31.2 Å². The Kier molecular flexibility index (Phi) is 4.06. The summed E-state index contributed by atoms with van der Waals surface area (Å²) < 4.78 is 7.53. The maximum absolute atomic E-state index is 12.6. The maximum atomic E-state index is 12.6. The molecule has 3 heterocycles. The molecule has 2 atom stereocenters.